The molecule has 2 amide bonds. The summed E-state index contributed by atoms with van der Waals surface area (Å²) in [7, 11) is 1.61. The van der Waals surface area contributed by atoms with Crippen molar-refractivity contribution in [1.82, 2.24) is 15.2 Å². The van der Waals surface area contributed by atoms with E-state index < -0.39 is 0 Å². The van der Waals surface area contributed by atoms with E-state index in [2.05, 4.69) is 5.32 Å². The lowest BCUT2D eigenvalue weighted by Crippen LogP contribution is -2.32. The van der Waals surface area contributed by atoms with E-state index >= 15 is 0 Å². The number of amides is 2. The second kappa shape index (κ2) is 8.48. The summed E-state index contributed by atoms with van der Waals surface area (Å²) in [4.78, 5) is 31.7. The van der Waals surface area contributed by atoms with Crippen LogP contribution in [0, 0.1) is 5.92 Å². The molecule has 1 saturated heterocycles. The van der Waals surface area contributed by atoms with Crippen molar-refractivity contribution in [3.8, 4) is 0 Å². The molecule has 0 aliphatic carbocycles. The molecule has 0 bridgehead atoms. The Morgan fingerprint density at radius 1 is 1.33 bits per heavy atom. The average molecular weight is 369 g/mol. The maximum atomic E-state index is 12.7. The van der Waals surface area contributed by atoms with Gasteiger partial charge in [-0.15, -0.1) is 0 Å². The van der Waals surface area contributed by atoms with Gasteiger partial charge in [-0.3, -0.25) is 14.6 Å². The number of pyridine rings is 1. The number of benzene rings is 1. The number of hydrogen-bond acceptors (Lipinski definition) is 4. The quantitative estimate of drug-likeness (QED) is 0.795. The fraction of sp³-hybridized carbons (Fsp3) is 0.476. The van der Waals surface area contributed by atoms with Crippen molar-refractivity contribution in [2.75, 3.05) is 33.4 Å². The standard InChI is InChI=1S/C21H27N3O3/c1-14(2)21(26)24-10-8-15(13-24)19-12-17(20(25)22-9-11-27-3)16-6-4-5-7-18(16)23-19/h4-7,12,14-15H,8-11,13H2,1-3H3,(H,22,25). The van der Waals surface area contributed by atoms with E-state index in [4.69, 9.17) is 9.72 Å². The summed E-state index contributed by atoms with van der Waals surface area (Å²) in [6, 6.07) is 9.57. The van der Waals surface area contributed by atoms with Gasteiger partial charge in [0.15, 0.2) is 0 Å². The maximum Gasteiger partial charge on any atom is 0.252 e. The monoisotopic (exact) mass is 369 g/mol. The van der Waals surface area contributed by atoms with Crippen molar-refractivity contribution in [3.63, 3.8) is 0 Å². The fourth-order valence-corrected chi connectivity index (χ4v) is 3.52. The van der Waals surface area contributed by atoms with Crippen molar-refractivity contribution in [3.05, 3.63) is 41.6 Å². The summed E-state index contributed by atoms with van der Waals surface area (Å²) in [5.74, 6) is 0.203. The number of para-hydroxylation sites is 1. The lowest BCUT2D eigenvalue weighted by Gasteiger charge is -2.19. The van der Waals surface area contributed by atoms with E-state index in [0.29, 0.717) is 25.3 Å². The molecule has 1 fully saturated rings. The summed E-state index contributed by atoms with van der Waals surface area (Å²) in [5, 5.41) is 3.73. The summed E-state index contributed by atoms with van der Waals surface area (Å²) in [6.45, 7) is 6.18. The minimum atomic E-state index is -0.125. The number of nitrogens with one attached hydrogen (secondary N) is 1. The molecular weight excluding hydrogens is 342 g/mol. The van der Waals surface area contributed by atoms with Crippen LogP contribution in [0.4, 0.5) is 0 Å². The minimum absolute atomic E-state index is 0.00423. The molecule has 0 saturated carbocycles. The van der Waals surface area contributed by atoms with E-state index in [1.807, 2.05) is 49.1 Å². The first-order valence-electron chi connectivity index (χ1n) is 9.47. The molecule has 2 heterocycles. The lowest BCUT2D eigenvalue weighted by molar-refractivity contribution is -0.133. The normalized spacial score (nSPS) is 16.9. The van der Waals surface area contributed by atoms with Gasteiger partial charge in [0.25, 0.3) is 5.91 Å². The summed E-state index contributed by atoms with van der Waals surface area (Å²) < 4.78 is 5.01. The highest BCUT2D eigenvalue weighted by molar-refractivity contribution is 6.06. The molecule has 1 atom stereocenters. The topological polar surface area (TPSA) is 71.5 Å². The zero-order valence-electron chi connectivity index (χ0n) is 16.2. The highest BCUT2D eigenvalue weighted by atomic mass is 16.5. The third-order valence-corrected chi connectivity index (χ3v) is 4.98. The molecule has 144 valence electrons. The van der Waals surface area contributed by atoms with Gasteiger partial charge in [0.2, 0.25) is 5.91 Å². The number of aromatic nitrogens is 1. The maximum absolute atomic E-state index is 12.7. The molecule has 1 aromatic heterocycles. The summed E-state index contributed by atoms with van der Waals surface area (Å²) >= 11 is 0. The number of fused-ring (bicyclic) bond motifs is 1. The van der Waals surface area contributed by atoms with Crippen LogP contribution in [0.2, 0.25) is 0 Å². The van der Waals surface area contributed by atoms with E-state index in [-0.39, 0.29) is 23.7 Å². The number of rotatable bonds is 6. The van der Waals surface area contributed by atoms with Crippen molar-refractivity contribution in [1.29, 1.82) is 0 Å². The zero-order valence-corrected chi connectivity index (χ0v) is 16.2. The van der Waals surface area contributed by atoms with Crippen LogP contribution in [-0.2, 0) is 9.53 Å². The van der Waals surface area contributed by atoms with Crippen molar-refractivity contribution in [2.24, 2.45) is 5.92 Å². The van der Waals surface area contributed by atoms with Gasteiger partial charge >= 0.3 is 0 Å². The molecule has 6 heteroatoms. The number of methoxy groups -OCH3 is 1. The Morgan fingerprint density at radius 2 is 2.11 bits per heavy atom. The Labute approximate surface area is 159 Å². The number of carbonyl (C=O) groups is 2. The third kappa shape index (κ3) is 4.27. The Balaban J connectivity index is 1.88. The van der Waals surface area contributed by atoms with Crippen LogP contribution in [0.1, 0.15) is 42.2 Å². The number of carbonyl (C=O) groups excluding carboxylic acids is 2. The molecule has 6 nitrogen and oxygen atoms in total. The third-order valence-electron chi connectivity index (χ3n) is 4.98. The van der Waals surface area contributed by atoms with Gasteiger partial charge in [-0.1, -0.05) is 32.0 Å². The SMILES string of the molecule is COCCNC(=O)c1cc(C2CCN(C(=O)C(C)C)C2)nc2ccccc12. The molecule has 2 aromatic rings. The van der Waals surface area contributed by atoms with Crippen LogP contribution in [0.5, 0.6) is 0 Å². The minimum Gasteiger partial charge on any atom is -0.383 e. The first kappa shape index (κ1) is 19.3. The highest BCUT2D eigenvalue weighted by Gasteiger charge is 2.30. The fourth-order valence-electron chi connectivity index (χ4n) is 3.52. The molecular formula is C21H27N3O3. The molecule has 1 unspecified atom stereocenters. The van der Waals surface area contributed by atoms with Crippen LogP contribution in [0.25, 0.3) is 10.9 Å². The van der Waals surface area contributed by atoms with Crippen LogP contribution in [0.3, 0.4) is 0 Å². The van der Waals surface area contributed by atoms with Gasteiger partial charge in [0.05, 0.1) is 17.7 Å². The molecule has 1 aromatic carbocycles. The Morgan fingerprint density at radius 3 is 2.85 bits per heavy atom. The van der Waals surface area contributed by atoms with Crippen molar-refractivity contribution in [2.45, 2.75) is 26.2 Å². The molecule has 3 rings (SSSR count). The lowest BCUT2D eigenvalue weighted by atomic mass is 9.99. The predicted octanol–water partition coefficient (Wildman–Crippen LogP) is 2.58. The molecule has 1 aliphatic heterocycles. The van der Waals surface area contributed by atoms with Gasteiger partial charge in [-0.25, -0.2) is 0 Å². The number of hydrogen-bond donors (Lipinski definition) is 1. The molecule has 27 heavy (non-hydrogen) atoms. The van der Waals surface area contributed by atoms with Gasteiger partial charge < -0.3 is 15.0 Å². The second-order valence-electron chi connectivity index (χ2n) is 7.29. The molecule has 0 spiro atoms. The number of likely N-dealkylation sites (tertiary alicyclic amines) is 1. The van der Waals surface area contributed by atoms with Gasteiger partial charge in [-0.2, -0.15) is 0 Å². The Kier molecular flexibility index (Phi) is 6.06. The molecule has 0 radical (unpaired) electrons. The average Bonchev–Trinajstić information content (AvgIpc) is 3.16. The van der Waals surface area contributed by atoms with Crippen LogP contribution >= 0.6 is 0 Å². The Bertz CT molecular complexity index is 835. The highest BCUT2D eigenvalue weighted by Crippen LogP contribution is 2.30. The van der Waals surface area contributed by atoms with E-state index in [9.17, 15) is 9.59 Å². The number of nitrogens with zero attached hydrogens (tertiary/aromatic N) is 2. The second-order valence-corrected chi connectivity index (χ2v) is 7.29. The first-order valence-corrected chi connectivity index (χ1v) is 9.47. The van der Waals surface area contributed by atoms with E-state index in [1.165, 1.54) is 0 Å². The smallest absolute Gasteiger partial charge is 0.252 e. The molecule has 1 aliphatic rings. The van der Waals surface area contributed by atoms with E-state index in [0.717, 1.165) is 29.6 Å². The van der Waals surface area contributed by atoms with Crippen molar-refractivity contribution >= 4 is 22.7 Å². The van der Waals surface area contributed by atoms with E-state index in [1.54, 1.807) is 7.11 Å². The van der Waals surface area contributed by atoms with Gasteiger partial charge in [0, 0.05) is 49.7 Å². The van der Waals surface area contributed by atoms with Gasteiger partial charge in [-0.05, 0) is 18.6 Å². The predicted molar refractivity (Wildman–Crippen MR) is 105 cm³/mol. The number of ether oxygens (including phenoxy) is 1. The van der Waals surface area contributed by atoms with Crippen molar-refractivity contribution < 1.29 is 14.3 Å². The van der Waals surface area contributed by atoms with Gasteiger partial charge in [0.1, 0.15) is 0 Å². The summed E-state index contributed by atoms with van der Waals surface area (Å²) in [6.07, 6.45) is 0.870. The first-order chi connectivity index (χ1) is 13.0. The largest absolute Gasteiger partial charge is 0.383 e. The zero-order chi connectivity index (χ0) is 19.4. The summed E-state index contributed by atoms with van der Waals surface area (Å²) in [5.41, 5.74) is 2.31. The Hall–Kier alpha value is -2.47. The van der Waals surface area contributed by atoms with Crippen LogP contribution < -0.4 is 5.32 Å². The molecule has 1 N–H and O–H groups in total. The van der Waals surface area contributed by atoms with Crippen LogP contribution in [0.15, 0.2) is 30.3 Å². The van der Waals surface area contributed by atoms with Crippen LogP contribution in [-0.4, -0.2) is 55.0 Å².